The maximum Gasteiger partial charge on any atom is 0.251 e. The number of anilines is 1. The fourth-order valence-corrected chi connectivity index (χ4v) is 6.40. The molecule has 0 spiro atoms. The summed E-state index contributed by atoms with van der Waals surface area (Å²) in [5, 5.41) is 6.86. The number of hydrogen-bond donors (Lipinski definition) is 2. The van der Waals surface area contributed by atoms with Gasteiger partial charge >= 0.3 is 0 Å². The molecule has 2 aliphatic heterocycles. The molecular weight excluding hydrogens is 346 g/mol. The topological polar surface area (TPSA) is 87.6 Å². The minimum absolute atomic E-state index is 0.0288. The van der Waals surface area contributed by atoms with Gasteiger partial charge in [0.15, 0.2) is 15.0 Å². The zero-order valence-electron chi connectivity index (χ0n) is 13.5. The van der Waals surface area contributed by atoms with E-state index in [0.717, 1.165) is 23.7 Å². The lowest BCUT2D eigenvalue weighted by Crippen LogP contribution is -2.24. The van der Waals surface area contributed by atoms with Gasteiger partial charge < -0.3 is 10.6 Å². The lowest BCUT2D eigenvalue weighted by atomic mass is 10.2. The minimum atomic E-state index is -2.93. The van der Waals surface area contributed by atoms with Gasteiger partial charge in [-0.05, 0) is 30.7 Å². The monoisotopic (exact) mass is 367 g/mol. The fraction of sp³-hybridized carbons (Fsp3) is 0.500. The number of nitrogens with one attached hydrogen (secondary N) is 2. The number of aliphatic imine (C=N–C) groups is 1. The lowest BCUT2D eigenvalue weighted by Gasteiger charge is -2.08. The Balaban J connectivity index is 1.57. The smallest absolute Gasteiger partial charge is 0.251 e. The van der Waals surface area contributed by atoms with Crippen LogP contribution in [0.25, 0.3) is 0 Å². The largest absolute Gasteiger partial charge is 0.352 e. The number of fused-ring (bicyclic) bond motifs is 1. The Hall–Kier alpha value is -1.54. The molecule has 0 aliphatic carbocycles. The summed E-state index contributed by atoms with van der Waals surface area (Å²) in [6.45, 7) is 2.77. The number of thioether (sulfide) groups is 1. The first kappa shape index (κ1) is 17.3. The van der Waals surface area contributed by atoms with E-state index in [2.05, 4.69) is 22.5 Å². The first-order chi connectivity index (χ1) is 11.5. The van der Waals surface area contributed by atoms with Crippen molar-refractivity contribution in [3.05, 3.63) is 29.8 Å². The quantitative estimate of drug-likeness (QED) is 0.776. The molecule has 2 N–H and O–H groups in total. The van der Waals surface area contributed by atoms with E-state index in [9.17, 15) is 13.2 Å². The van der Waals surface area contributed by atoms with Crippen LogP contribution in [0.3, 0.4) is 0 Å². The van der Waals surface area contributed by atoms with Gasteiger partial charge in [-0.25, -0.2) is 8.42 Å². The Morgan fingerprint density at radius 2 is 2.04 bits per heavy atom. The molecule has 3 rings (SSSR count). The first-order valence-corrected chi connectivity index (χ1v) is 10.8. The van der Waals surface area contributed by atoms with E-state index in [0.29, 0.717) is 12.1 Å². The van der Waals surface area contributed by atoms with E-state index in [1.54, 1.807) is 12.1 Å². The zero-order valence-corrected chi connectivity index (χ0v) is 15.1. The summed E-state index contributed by atoms with van der Waals surface area (Å²) in [4.78, 5) is 16.4. The van der Waals surface area contributed by atoms with E-state index in [1.807, 2.05) is 12.1 Å². The maximum atomic E-state index is 12.0. The number of sulfone groups is 1. The first-order valence-electron chi connectivity index (χ1n) is 8.07. The average Bonchev–Trinajstić information content (AvgIpc) is 3.00. The van der Waals surface area contributed by atoms with Gasteiger partial charge in [0.05, 0.1) is 17.5 Å². The van der Waals surface area contributed by atoms with Crippen molar-refractivity contribution >= 4 is 38.4 Å². The highest BCUT2D eigenvalue weighted by Gasteiger charge is 2.42. The summed E-state index contributed by atoms with van der Waals surface area (Å²) < 4.78 is 23.1. The SMILES string of the molecule is CCCCNC(=O)c1ccc(NC2=NC3CS(=O)(=O)CC3S2)cc1. The van der Waals surface area contributed by atoms with Crippen molar-refractivity contribution in [1.82, 2.24) is 5.32 Å². The summed E-state index contributed by atoms with van der Waals surface area (Å²) >= 11 is 1.48. The molecule has 2 unspecified atom stereocenters. The second kappa shape index (κ2) is 7.14. The third kappa shape index (κ3) is 4.10. The number of carbonyl (C=O) groups is 1. The van der Waals surface area contributed by atoms with Gasteiger partial charge in [0.2, 0.25) is 0 Å². The summed E-state index contributed by atoms with van der Waals surface area (Å²) in [7, 11) is -2.93. The van der Waals surface area contributed by atoms with Crippen molar-refractivity contribution in [2.75, 3.05) is 23.4 Å². The molecule has 8 heteroatoms. The van der Waals surface area contributed by atoms with E-state index in [4.69, 9.17) is 0 Å². The van der Waals surface area contributed by atoms with Gasteiger partial charge in [-0.2, -0.15) is 0 Å². The van der Waals surface area contributed by atoms with Gasteiger partial charge in [0.1, 0.15) is 0 Å². The minimum Gasteiger partial charge on any atom is -0.352 e. The molecule has 1 aromatic carbocycles. The molecular formula is C16H21N3O3S2. The second-order valence-corrected chi connectivity index (χ2v) is 9.43. The van der Waals surface area contributed by atoms with Crippen LogP contribution in [0.2, 0.25) is 0 Å². The number of amidine groups is 1. The van der Waals surface area contributed by atoms with E-state index in [1.165, 1.54) is 11.8 Å². The van der Waals surface area contributed by atoms with Crippen LogP contribution in [0.15, 0.2) is 29.3 Å². The Morgan fingerprint density at radius 1 is 1.29 bits per heavy atom. The zero-order chi connectivity index (χ0) is 17.2. The molecule has 6 nitrogen and oxygen atoms in total. The molecule has 1 fully saturated rings. The van der Waals surface area contributed by atoms with E-state index in [-0.39, 0.29) is 28.7 Å². The lowest BCUT2D eigenvalue weighted by molar-refractivity contribution is 0.0953. The molecule has 24 heavy (non-hydrogen) atoms. The van der Waals surface area contributed by atoms with Crippen LogP contribution in [0.1, 0.15) is 30.1 Å². The van der Waals surface area contributed by atoms with Crippen LogP contribution in [0, 0.1) is 0 Å². The Bertz CT molecular complexity index is 744. The molecule has 1 amide bonds. The van der Waals surface area contributed by atoms with E-state index < -0.39 is 9.84 Å². The van der Waals surface area contributed by atoms with Crippen LogP contribution in [0.5, 0.6) is 0 Å². The Kier molecular flexibility index (Phi) is 5.15. The molecule has 2 atom stereocenters. The van der Waals surface area contributed by atoms with Gasteiger partial charge in [0, 0.05) is 23.0 Å². The summed E-state index contributed by atoms with van der Waals surface area (Å²) in [6, 6.07) is 7.08. The number of unbranched alkanes of at least 4 members (excludes halogenated alkanes) is 1. The number of benzene rings is 1. The molecule has 1 saturated heterocycles. The number of carbonyl (C=O) groups excluding carboxylic acids is 1. The molecule has 2 aliphatic rings. The third-order valence-corrected chi connectivity index (χ3v) is 7.17. The fourth-order valence-electron chi connectivity index (χ4n) is 2.73. The van der Waals surface area contributed by atoms with E-state index >= 15 is 0 Å². The predicted octanol–water partition coefficient (Wildman–Crippen LogP) is 1.90. The molecule has 1 aromatic rings. The number of rotatable bonds is 5. The predicted molar refractivity (Wildman–Crippen MR) is 98.6 cm³/mol. The molecule has 0 aromatic heterocycles. The number of hydrogen-bond acceptors (Lipinski definition) is 6. The summed E-state index contributed by atoms with van der Waals surface area (Å²) in [5.74, 6) is 0.281. The molecule has 2 heterocycles. The van der Waals surface area contributed by atoms with Crippen molar-refractivity contribution in [3.8, 4) is 0 Å². The second-order valence-electron chi connectivity index (χ2n) is 6.05. The van der Waals surface area contributed by atoms with Gasteiger partial charge in [-0.3, -0.25) is 9.79 Å². The van der Waals surface area contributed by atoms with Crippen LogP contribution in [-0.2, 0) is 9.84 Å². The average molecular weight is 367 g/mol. The standard InChI is InChI=1S/C16H21N3O3S2/c1-2-3-8-17-15(20)11-4-6-12(7-5-11)18-16-19-13-9-24(21,22)10-14(13)23-16/h4-7,13-14H,2-3,8-10H2,1H3,(H,17,20)(H,18,19). The Morgan fingerprint density at radius 3 is 2.71 bits per heavy atom. The summed E-state index contributed by atoms with van der Waals surface area (Å²) in [6.07, 6.45) is 2.02. The molecule has 130 valence electrons. The normalized spacial score (nSPS) is 24.3. The highest BCUT2D eigenvalue weighted by molar-refractivity contribution is 8.15. The van der Waals surface area contributed by atoms with Gasteiger partial charge in [0.25, 0.3) is 5.91 Å². The van der Waals surface area contributed by atoms with Gasteiger partial charge in [-0.15, -0.1) is 0 Å². The van der Waals surface area contributed by atoms with Crippen molar-refractivity contribution in [1.29, 1.82) is 0 Å². The third-order valence-electron chi connectivity index (χ3n) is 4.03. The highest BCUT2D eigenvalue weighted by atomic mass is 32.2. The van der Waals surface area contributed by atoms with Crippen LogP contribution >= 0.6 is 11.8 Å². The van der Waals surface area contributed by atoms with Gasteiger partial charge in [-0.1, -0.05) is 25.1 Å². The maximum absolute atomic E-state index is 12.0. The van der Waals surface area contributed by atoms with Crippen LogP contribution in [0.4, 0.5) is 5.69 Å². The van der Waals surface area contributed by atoms with Crippen LogP contribution < -0.4 is 10.6 Å². The molecule has 0 radical (unpaired) electrons. The molecule has 0 bridgehead atoms. The number of nitrogens with zero attached hydrogens (tertiary/aromatic N) is 1. The number of amides is 1. The Labute approximate surface area is 146 Å². The molecule has 0 saturated carbocycles. The van der Waals surface area contributed by atoms with Crippen molar-refractivity contribution < 1.29 is 13.2 Å². The highest BCUT2D eigenvalue weighted by Crippen LogP contribution is 2.34. The van der Waals surface area contributed by atoms with Crippen molar-refractivity contribution in [2.24, 2.45) is 4.99 Å². The van der Waals surface area contributed by atoms with Crippen molar-refractivity contribution in [2.45, 2.75) is 31.1 Å². The van der Waals surface area contributed by atoms with Crippen LogP contribution in [-0.4, -0.2) is 48.8 Å². The van der Waals surface area contributed by atoms with Crippen molar-refractivity contribution in [3.63, 3.8) is 0 Å². The summed E-state index contributed by atoms with van der Waals surface area (Å²) in [5.41, 5.74) is 1.47.